The highest BCUT2D eigenvalue weighted by Gasteiger charge is 2.24. The summed E-state index contributed by atoms with van der Waals surface area (Å²) in [5.41, 5.74) is 4.87. The number of ether oxygens (including phenoxy) is 1. The molecule has 8 heteroatoms. The molecule has 7 nitrogen and oxygen atoms in total. The molecule has 0 aromatic heterocycles. The van der Waals surface area contributed by atoms with E-state index in [0.717, 1.165) is 35.6 Å². The second-order valence-electron chi connectivity index (χ2n) is 8.84. The van der Waals surface area contributed by atoms with Crippen molar-refractivity contribution in [1.29, 1.82) is 0 Å². The van der Waals surface area contributed by atoms with Gasteiger partial charge in [-0.2, -0.15) is 0 Å². The van der Waals surface area contributed by atoms with Crippen LogP contribution in [-0.4, -0.2) is 44.9 Å². The van der Waals surface area contributed by atoms with Crippen molar-refractivity contribution >= 4 is 33.0 Å². The van der Waals surface area contributed by atoms with E-state index in [0.29, 0.717) is 11.3 Å². The average molecular weight is 460 g/mol. The van der Waals surface area contributed by atoms with Gasteiger partial charge in [-0.3, -0.25) is 9.52 Å². The van der Waals surface area contributed by atoms with Crippen LogP contribution in [-0.2, 0) is 14.8 Å². The van der Waals surface area contributed by atoms with Crippen LogP contribution in [0.4, 0.5) is 17.1 Å². The molecule has 1 aliphatic rings. The summed E-state index contributed by atoms with van der Waals surface area (Å²) in [6, 6.07) is 10.5. The molecule has 174 valence electrons. The molecular formula is C24H33N3O4S. The lowest BCUT2D eigenvalue weighted by molar-refractivity contribution is -0.00525. The SMILES string of the molecule is Cc1cc(N2CC(C)O[C@H](C)C2)c(C)cc1NC(=O)c1ccc(NS(=O)(=O)C(C)C)cc1. The van der Waals surface area contributed by atoms with Crippen molar-refractivity contribution in [2.24, 2.45) is 0 Å². The van der Waals surface area contributed by atoms with Gasteiger partial charge in [0.25, 0.3) is 5.91 Å². The molecule has 1 aliphatic heterocycles. The number of benzene rings is 2. The van der Waals surface area contributed by atoms with Gasteiger partial charge in [0.2, 0.25) is 10.0 Å². The van der Waals surface area contributed by atoms with Gasteiger partial charge in [-0.25, -0.2) is 8.42 Å². The molecule has 0 saturated carbocycles. The number of anilines is 3. The maximum atomic E-state index is 12.8. The Morgan fingerprint density at radius 1 is 1.03 bits per heavy atom. The van der Waals surface area contributed by atoms with Crippen molar-refractivity contribution in [2.75, 3.05) is 28.0 Å². The van der Waals surface area contributed by atoms with Gasteiger partial charge >= 0.3 is 0 Å². The molecule has 2 aromatic carbocycles. The summed E-state index contributed by atoms with van der Waals surface area (Å²) in [7, 11) is -3.43. The van der Waals surface area contributed by atoms with Gasteiger partial charge in [0.15, 0.2) is 0 Å². The Morgan fingerprint density at radius 3 is 2.19 bits per heavy atom. The monoisotopic (exact) mass is 459 g/mol. The molecule has 1 heterocycles. The van der Waals surface area contributed by atoms with Crippen LogP contribution in [0.3, 0.4) is 0 Å². The van der Waals surface area contributed by atoms with Gasteiger partial charge < -0.3 is 15.0 Å². The fraction of sp³-hybridized carbons (Fsp3) is 0.458. The van der Waals surface area contributed by atoms with Crippen molar-refractivity contribution in [3.8, 4) is 0 Å². The number of sulfonamides is 1. The van der Waals surface area contributed by atoms with Gasteiger partial charge in [0.1, 0.15) is 0 Å². The van der Waals surface area contributed by atoms with Crippen LogP contribution in [0.2, 0.25) is 0 Å². The molecule has 2 atom stereocenters. The fourth-order valence-corrected chi connectivity index (χ4v) is 4.52. The molecule has 2 N–H and O–H groups in total. The largest absolute Gasteiger partial charge is 0.372 e. The number of rotatable bonds is 6. The van der Waals surface area contributed by atoms with Crippen LogP contribution >= 0.6 is 0 Å². The van der Waals surface area contributed by atoms with Crippen molar-refractivity contribution < 1.29 is 17.9 Å². The molecule has 1 amide bonds. The third-order valence-electron chi connectivity index (χ3n) is 5.58. The predicted molar refractivity (Wildman–Crippen MR) is 130 cm³/mol. The Hall–Kier alpha value is -2.58. The third-order valence-corrected chi connectivity index (χ3v) is 7.34. The number of hydrogen-bond donors (Lipinski definition) is 2. The molecule has 1 fully saturated rings. The van der Waals surface area contributed by atoms with E-state index in [1.165, 1.54) is 0 Å². The summed E-state index contributed by atoms with van der Waals surface area (Å²) in [5.74, 6) is -0.243. The third kappa shape index (κ3) is 5.61. The number of carbonyl (C=O) groups excluding carboxylic acids is 1. The highest BCUT2D eigenvalue weighted by atomic mass is 32.2. The standard InChI is InChI=1S/C24H33N3O4S/c1-15(2)32(29,30)26-21-9-7-20(8-10-21)24(28)25-22-11-17(4)23(12-16(22)3)27-13-18(5)31-19(6)14-27/h7-12,15,18-19,26H,13-14H2,1-6H3,(H,25,28)/t18-,19?/m1/s1. The quantitative estimate of drug-likeness (QED) is 0.672. The summed E-state index contributed by atoms with van der Waals surface area (Å²) < 4.78 is 32.4. The van der Waals surface area contributed by atoms with E-state index in [-0.39, 0.29) is 18.1 Å². The second kappa shape index (κ2) is 9.50. The number of hydrogen-bond acceptors (Lipinski definition) is 5. The van der Waals surface area contributed by atoms with Gasteiger partial charge in [-0.1, -0.05) is 0 Å². The summed E-state index contributed by atoms with van der Waals surface area (Å²) >= 11 is 0. The van der Waals surface area contributed by atoms with Crippen LogP contribution in [0.15, 0.2) is 36.4 Å². The second-order valence-corrected chi connectivity index (χ2v) is 11.1. The van der Waals surface area contributed by atoms with E-state index in [1.807, 2.05) is 19.9 Å². The normalized spacial score (nSPS) is 19.2. The zero-order valence-corrected chi connectivity index (χ0v) is 20.4. The first kappa shape index (κ1) is 24.1. The molecule has 0 bridgehead atoms. The van der Waals surface area contributed by atoms with Crippen LogP contribution in [0.1, 0.15) is 49.2 Å². The fourth-order valence-electron chi connectivity index (χ4n) is 3.82. The number of nitrogens with one attached hydrogen (secondary N) is 2. The van der Waals surface area contributed by atoms with Gasteiger partial charge in [0.05, 0.1) is 17.5 Å². The van der Waals surface area contributed by atoms with E-state index in [9.17, 15) is 13.2 Å². The number of morpholine rings is 1. The van der Waals surface area contributed by atoms with Crippen molar-refractivity contribution in [3.63, 3.8) is 0 Å². The van der Waals surface area contributed by atoms with Gasteiger partial charge in [-0.15, -0.1) is 0 Å². The molecule has 32 heavy (non-hydrogen) atoms. The Labute approximate surface area is 191 Å². The minimum Gasteiger partial charge on any atom is -0.372 e. The first-order chi connectivity index (χ1) is 15.0. The molecule has 1 saturated heterocycles. The van der Waals surface area contributed by atoms with E-state index >= 15 is 0 Å². The van der Waals surface area contributed by atoms with Crippen LogP contribution in [0.5, 0.6) is 0 Å². The van der Waals surface area contributed by atoms with Crippen LogP contribution < -0.4 is 14.9 Å². The lowest BCUT2D eigenvalue weighted by atomic mass is 10.1. The Balaban J connectivity index is 1.73. The van der Waals surface area contributed by atoms with E-state index in [4.69, 9.17) is 4.74 Å². The summed E-state index contributed by atoms with van der Waals surface area (Å²) in [6.45, 7) is 13.1. The van der Waals surface area contributed by atoms with Gasteiger partial charge in [-0.05, 0) is 89.1 Å². The zero-order valence-electron chi connectivity index (χ0n) is 19.6. The minimum atomic E-state index is -3.43. The van der Waals surface area contributed by atoms with Crippen LogP contribution in [0, 0.1) is 13.8 Å². The van der Waals surface area contributed by atoms with E-state index < -0.39 is 15.3 Å². The topological polar surface area (TPSA) is 87.7 Å². The number of aryl methyl sites for hydroxylation is 2. The first-order valence-electron chi connectivity index (χ1n) is 10.9. The summed E-state index contributed by atoms with van der Waals surface area (Å²) in [6.07, 6.45) is 0.344. The Morgan fingerprint density at radius 2 is 1.62 bits per heavy atom. The minimum absolute atomic E-state index is 0.172. The maximum absolute atomic E-state index is 12.8. The van der Waals surface area contributed by atoms with Gasteiger partial charge in [0, 0.05) is 35.7 Å². The van der Waals surface area contributed by atoms with Crippen molar-refractivity contribution in [1.82, 2.24) is 0 Å². The van der Waals surface area contributed by atoms with E-state index in [1.54, 1.807) is 38.1 Å². The molecule has 3 rings (SSSR count). The molecule has 0 spiro atoms. The molecule has 0 radical (unpaired) electrons. The van der Waals surface area contributed by atoms with Crippen molar-refractivity contribution in [2.45, 2.75) is 59.0 Å². The first-order valence-corrected chi connectivity index (χ1v) is 12.5. The molecular weight excluding hydrogens is 426 g/mol. The highest BCUT2D eigenvalue weighted by molar-refractivity contribution is 7.93. The Kier molecular flexibility index (Phi) is 7.15. The lowest BCUT2D eigenvalue weighted by Crippen LogP contribution is -2.45. The maximum Gasteiger partial charge on any atom is 0.255 e. The lowest BCUT2D eigenvalue weighted by Gasteiger charge is -2.38. The molecule has 2 aromatic rings. The average Bonchev–Trinajstić information content (AvgIpc) is 2.69. The molecule has 0 aliphatic carbocycles. The van der Waals surface area contributed by atoms with E-state index in [2.05, 4.69) is 34.9 Å². The number of amides is 1. The van der Waals surface area contributed by atoms with Crippen molar-refractivity contribution in [3.05, 3.63) is 53.1 Å². The predicted octanol–water partition coefficient (Wildman–Crippen LogP) is 4.32. The highest BCUT2D eigenvalue weighted by Crippen LogP contribution is 2.30. The summed E-state index contributed by atoms with van der Waals surface area (Å²) in [4.78, 5) is 15.1. The smallest absolute Gasteiger partial charge is 0.255 e. The van der Waals surface area contributed by atoms with Crippen LogP contribution in [0.25, 0.3) is 0 Å². The Bertz CT molecular complexity index is 1070. The number of nitrogens with zero attached hydrogens (tertiary/aromatic N) is 1. The zero-order chi connectivity index (χ0) is 23.6. The molecule has 1 unspecified atom stereocenters. The number of carbonyl (C=O) groups is 1. The summed E-state index contributed by atoms with van der Waals surface area (Å²) in [5, 5.41) is 2.44.